The average molecular weight is 372 g/mol. The molecule has 5 nitrogen and oxygen atoms in total. The Hall–Kier alpha value is -1.59. The largest absolute Gasteiger partial charge is 0.388 e. The van der Waals surface area contributed by atoms with Crippen LogP contribution in [0.1, 0.15) is 52.4 Å². The molecular formula is C22H28O5. The second-order valence-corrected chi connectivity index (χ2v) is 9.50. The summed E-state index contributed by atoms with van der Waals surface area (Å²) < 4.78 is 0. The van der Waals surface area contributed by atoms with Crippen LogP contribution in [0.3, 0.4) is 0 Å². The van der Waals surface area contributed by atoms with Gasteiger partial charge in [-0.15, -0.1) is 0 Å². The zero-order valence-corrected chi connectivity index (χ0v) is 16.1. The summed E-state index contributed by atoms with van der Waals surface area (Å²) in [5.74, 6) is -0.586. The topological polar surface area (TPSA) is 91.7 Å². The summed E-state index contributed by atoms with van der Waals surface area (Å²) in [6.45, 7) is 7.13. The molecular weight excluding hydrogens is 344 g/mol. The molecule has 3 fully saturated rings. The molecule has 146 valence electrons. The van der Waals surface area contributed by atoms with Crippen molar-refractivity contribution in [2.45, 2.75) is 58.0 Å². The minimum absolute atomic E-state index is 0.0239. The van der Waals surface area contributed by atoms with E-state index in [0.29, 0.717) is 24.8 Å². The van der Waals surface area contributed by atoms with Crippen LogP contribution in [0.4, 0.5) is 0 Å². The van der Waals surface area contributed by atoms with Gasteiger partial charge in [0.25, 0.3) is 0 Å². The Morgan fingerprint density at radius 2 is 2.00 bits per heavy atom. The Morgan fingerprint density at radius 3 is 2.67 bits per heavy atom. The lowest BCUT2D eigenvalue weighted by Crippen LogP contribution is -2.61. The van der Waals surface area contributed by atoms with Crippen molar-refractivity contribution < 1.29 is 24.6 Å². The fourth-order valence-electron chi connectivity index (χ4n) is 6.97. The number of fused-ring (bicyclic) bond motifs is 5. The molecule has 2 N–H and O–H groups in total. The predicted octanol–water partition coefficient (Wildman–Crippen LogP) is 2.16. The number of hydrogen-bond donors (Lipinski definition) is 2. The van der Waals surface area contributed by atoms with Crippen molar-refractivity contribution in [3.8, 4) is 0 Å². The third kappa shape index (κ3) is 2.16. The maximum atomic E-state index is 13.4. The van der Waals surface area contributed by atoms with Crippen molar-refractivity contribution in [1.82, 2.24) is 0 Å². The monoisotopic (exact) mass is 372 g/mol. The Morgan fingerprint density at radius 1 is 1.30 bits per heavy atom. The van der Waals surface area contributed by atoms with Crippen LogP contribution >= 0.6 is 0 Å². The first-order chi connectivity index (χ1) is 12.6. The summed E-state index contributed by atoms with van der Waals surface area (Å²) in [4.78, 5) is 37.8. The van der Waals surface area contributed by atoms with Crippen LogP contribution in [0.5, 0.6) is 0 Å². The van der Waals surface area contributed by atoms with Gasteiger partial charge < -0.3 is 10.2 Å². The molecule has 0 heterocycles. The van der Waals surface area contributed by atoms with Crippen molar-refractivity contribution in [2.75, 3.05) is 6.61 Å². The molecule has 4 aliphatic rings. The van der Waals surface area contributed by atoms with Crippen LogP contribution in [0.2, 0.25) is 0 Å². The summed E-state index contributed by atoms with van der Waals surface area (Å²) in [6, 6.07) is 0. The van der Waals surface area contributed by atoms with E-state index in [0.717, 1.165) is 18.4 Å². The number of ketones is 3. The van der Waals surface area contributed by atoms with Crippen LogP contribution in [-0.4, -0.2) is 39.8 Å². The van der Waals surface area contributed by atoms with E-state index >= 15 is 0 Å². The molecule has 0 aromatic heterocycles. The summed E-state index contributed by atoms with van der Waals surface area (Å²) in [5, 5.41) is 20.7. The highest BCUT2D eigenvalue weighted by molar-refractivity contribution is 5.96. The minimum Gasteiger partial charge on any atom is -0.388 e. The lowest BCUT2D eigenvalue weighted by atomic mass is 9.46. The zero-order valence-electron chi connectivity index (χ0n) is 16.1. The molecule has 3 saturated carbocycles. The number of aliphatic hydroxyl groups is 2. The van der Waals surface area contributed by atoms with Gasteiger partial charge in [-0.2, -0.15) is 0 Å². The highest BCUT2D eigenvalue weighted by Gasteiger charge is 2.69. The van der Waals surface area contributed by atoms with Gasteiger partial charge >= 0.3 is 0 Å². The standard InChI is InChI=1S/C22H28O5/c1-12-8-16-15-5-4-13-9-14(24)6-7-20(13,2)19(15)17(25)10-21(16,3)22(12,27)18(26)11-23/h9,15-16,19,23,27H,1,4-8,10-11H2,2-3H3/t15-,16-,19+,20-,21-,22-/m0/s1. The molecule has 4 rings (SSSR count). The Kier molecular flexibility index (Phi) is 3.97. The maximum Gasteiger partial charge on any atom is 0.194 e. The van der Waals surface area contributed by atoms with E-state index in [1.54, 1.807) is 6.08 Å². The number of Topliss-reactive ketones (excluding diaryl/α,β-unsaturated/α-hetero) is 2. The molecule has 27 heavy (non-hydrogen) atoms. The molecule has 0 aromatic carbocycles. The molecule has 0 bridgehead atoms. The quantitative estimate of drug-likeness (QED) is 0.725. The lowest BCUT2D eigenvalue weighted by molar-refractivity contribution is -0.166. The SMILES string of the molecule is C=C1C[C@H]2[C@@H]3CCC4=CC(=O)CC[C@]4(C)[C@H]3C(=O)C[C@]2(C)[C@@]1(O)C(=O)CO. The second-order valence-electron chi connectivity index (χ2n) is 9.50. The van der Waals surface area contributed by atoms with Gasteiger partial charge in [0.05, 0.1) is 0 Å². The Bertz CT molecular complexity index is 795. The van der Waals surface area contributed by atoms with E-state index in [4.69, 9.17) is 0 Å². The van der Waals surface area contributed by atoms with Crippen molar-refractivity contribution >= 4 is 17.3 Å². The molecule has 6 atom stereocenters. The van der Waals surface area contributed by atoms with E-state index in [-0.39, 0.29) is 41.2 Å². The molecule has 0 saturated heterocycles. The molecule has 4 aliphatic carbocycles. The molecule has 5 heteroatoms. The van der Waals surface area contributed by atoms with Gasteiger partial charge in [0.1, 0.15) is 12.4 Å². The maximum absolute atomic E-state index is 13.4. The fourth-order valence-corrected chi connectivity index (χ4v) is 6.97. The van der Waals surface area contributed by atoms with Gasteiger partial charge in [-0.05, 0) is 54.6 Å². The number of carbonyl (C=O) groups is 3. The number of hydrogen-bond acceptors (Lipinski definition) is 5. The van der Waals surface area contributed by atoms with E-state index in [1.807, 2.05) is 6.92 Å². The highest BCUT2D eigenvalue weighted by Crippen LogP contribution is 2.67. The number of aliphatic hydroxyl groups excluding tert-OH is 1. The Balaban J connectivity index is 1.79. The molecule has 0 aromatic rings. The van der Waals surface area contributed by atoms with Crippen LogP contribution < -0.4 is 0 Å². The van der Waals surface area contributed by atoms with Crippen LogP contribution in [0.15, 0.2) is 23.8 Å². The van der Waals surface area contributed by atoms with E-state index in [2.05, 4.69) is 13.5 Å². The van der Waals surface area contributed by atoms with Crippen LogP contribution in [-0.2, 0) is 14.4 Å². The average Bonchev–Trinajstić information content (AvgIpc) is 2.82. The lowest BCUT2D eigenvalue weighted by Gasteiger charge is -2.57. The van der Waals surface area contributed by atoms with E-state index in [1.165, 1.54) is 0 Å². The zero-order chi connectivity index (χ0) is 19.8. The van der Waals surface area contributed by atoms with Gasteiger partial charge in [-0.1, -0.05) is 26.0 Å². The van der Waals surface area contributed by atoms with Crippen molar-refractivity contribution in [1.29, 1.82) is 0 Å². The first-order valence-electron chi connectivity index (χ1n) is 9.91. The minimum atomic E-state index is -1.84. The van der Waals surface area contributed by atoms with Gasteiger partial charge in [0, 0.05) is 24.2 Å². The first-order valence-corrected chi connectivity index (χ1v) is 9.91. The first kappa shape index (κ1) is 18.8. The molecule has 0 amide bonds. The summed E-state index contributed by atoms with van der Waals surface area (Å²) in [5.41, 5.74) is -1.56. The molecule has 0 aliphatic heterocycles. The van der Waals surface area contributed by atoms with E-state index < -0.39 is 23.4 Å². The summed E-state index contributed by atoms with van der Waals surface area (Å²) in [7, 11) is 0. The van der Waals surface area contributed by atoms with Gasteiger partial charge in [-0.25, -0.2) is 0 Å². The van der Waals surface area contributed by atoms with Crippen molar-refractivity contribution in [3.63, 3.8) is 0 Å². The highest BCUT2D eigenvalue weighted by atomic mass is 16.3. The number of allylic oxidation sites excluding steroid dienone is 1. The third-order valence-electron chi connectivity index (χ3n) is 8.40. The fraction of sp³-hybridized carbons (Fsp3) is 0.682. The normalized spacial score (nSPS) is 46.4. The van der Waals surface area contributed by atoms with Crippen LogP contribution in [0, 0.1) is 28.6 Å². The van der Waals surface area contributed by atoms with Gasteiger partial charge in [0.2, 0.25) is 0 Å². The van der Waals surface area contributed by atoms with Crippen molar-refractivity contribution in [3.05, 3.63) is 23.8 Å². The third-order valence-corrected chi connectivity index (χ3v) is 8.40. The number of carbonyl (C=O) groups excluding carboxylic acids is 3. The van der Waals surface area contributed by atoms with Crippen molar-refractivity contribution in [2.24, 2.45) is 28.6 Å². The van der Waals surface area contributed by atoms with Crippen LogP contribution in [0.25, 0.3) is 0 Å². The summed E-state index contributed by atoms with van der Waals surface area (Å²) in [6.07, 6.45) is 5.08. The van der Waals surface area contributed by atoms with Gasteiger partial charge in [-0.3, -0.25) is 14.4 Å². The molecule has 0 spiro atoms. The molecule has 0 unspecified atom stereocenters. The number of rotatable bonds is 2. The molecule has 0 radical (unpaired) electrons. The second kappa shape index (κ2) is 5.71. The van der Waals surface area contributed by atoms with E-state index in [9.17, 15) is 24.6 Å². The predicted molar refractivity (Wildman–Crippen MR) is 98.7 cm³/mol. The Labute approximate surface area is 159 Å². The van der Waals surface area contributed by atoms with Gasteiger partial charge in [0.15, 0.2) is 17.2 Å². The smallest absolute Gasteiger partial charge is 0.194 e. The summed E-state index contributed by atoms with van der Waals surface area (Å²) >= 11 is 0.